The van der Waals surface area contributed by atoms with Gasteiger partial charge in [0.25, 0.3) is 0 Å². The fourth-order valence-electron chi connectivity index (χ4n) is 5.20. The van der Waals surface area contributed by atoms with E-state index in [1.54, 1.807) is 0 Å². The lowest BCUT2D eigenvalue weighted by atomic mass is 9.75. The van der Waals surface area contributed by atoms with E-state index in [4.69, 9.17) is 0 Å². The van der Waals surface area contributed by atoms with Gasteiger partial charge in [-0.25, -0.2) is 0 Å². The summed E-state index contributed by atoms with van der Waals surface area (Å²) in [6.45, 7) is 9.43. The summed E-state index contributed by atoms with van der Waals surface area (Å²) >= 11 is 0. The minimum atomic E-state index is -1.91. The van der Waals surface area contributed by atoms with Crippen molar-refractivity contribution in [1.29, 1.82) is 0 Å². The van der Waals surface area contributed by atoms with Gasteiger partial charge >= 0.3 is 0 Å². The van der Waals surface area contributed by atoms with Crippen molar-refractivity contribution < 1.29 is 0 Å². The molecule has 1 unspecified atom stereocenters. The van der Waals surface area contributed by atoms with Gasteiger partial charge in [0, 0.05) is 32.3 Å². The van der Waals surface area contributed by atoms with Crippen molar-refractivity contribution in [2.45, 2.75) is 21.1 Å². The van der Waals surface area contributed by atoms with Crippen molar-refractivity contribution in [3.8, 4) is 0 Å². The largest absolute Gasteiger partial charge is 0.321 e. The molecular formula is C35H33NS. The molecule has 0 fully saturated rings. The molecule has 0 saturated heterocycles. The number of anilines is 1. The Balaban J connectivity index is 1.87. The number of hydrogen-bond acceptors (Lipinski definition) is 1. The molecule has 4 aromatic carbocycles. The van der Waals surface area contributed by atoms with Crippen molar-refractivity contribution in [2.75, 3.05) is 10.8 Å². The molecule has 1 nitrogen and oxygen atoms in total. The van der Waals surface area contributed by atoms with Crippen LogP contribution in [0.2, 0.25) is 0 Å². The molecular weight excluding hydrogens is 466 g/mol. The van der Waals surface area contributed by atoms with Crippen LogP contribution in [0.25, 0.3) is 0 Å². The van der Waals surface area contributed by atoms with Crippen LogP contribution < -0.4 is 4.31 Å². The second-order valence-corrected chi connectivity index (χ2v) is 12.3. The molecule has 0 aromatic heterocycles. The summed E-state index contributed by atoms with van der Waals surface area (Å²) in [5, 5.41) is 0. The summed E-state index contributed by atoms with van der Waals surface area (Å²) in [4.78, 5) is 3.89. The van der Waals surface area contributed by atoms with E-state index in [1.807, 2.05) is 6.08 Å². The minimum Gasteiger partial charge on any atom is -0.321 e. The van der Waals surface area contributed by atoms with Crippen LogP contribution in [0.5, 0.6) is 0 Å². The summed E-state index contributed by atoms with van der Waals surface area (Å²) in [5.41, 5.74) is 2.02. The molecule has 1 atom stereocenters. The van der Waals surface area contributed by atoms with Gasteiger partial charge in [0.2, 0.25) is 0 Å². The quantitative estimate of drug-likeness (QED) is 0.207. The van der Waals surface area contributed by atoms with Gasteiger partial charge < -0.3 is 4.31 Å². The Labute approximate surface area is 223 Å². The zero-order valence-corrected chi connectivity index (χ0v) is 21.9. The smallest absolute Gasteiger partial charge is 0.0464 e. The summed E-state index contributed by atoms with van der Waals surface area (Å²) in [7, 11) is -1.91. The molecule has 1 aliphatic carbocycles. The molecule has 0 bridgehead atoms. The summed E-state index contributed by atoms with van der Waals surface area (Å²) in [5.74, 6) is 0. The third-order valence-electron chi connectivity index (χ3n) is 7.03. The van der Waals surface area contributed by atoms with E-state index in [9.17, 15) is 0 Å². The summed E-state index contributed by atoms with van der Waals surface area (Å²) in [6, 6.07) is 43.9. The molecule has 1 aliphatic rings. The van der Waals surface area contributed by atoms with Crippen molar-refractivity contribution in [3.05, 3.63) is 170 Å². The minimum absolute atomic E-state index is 0.275. The van der Waals surface area contributed by atoms with E-state index in [0.717, 1.165) is 18.5 Å². The van der Waals surface area contributed by atoms with Gasteiger partial charge in [-0.15, -0.1) is 6.58 Å². The van der Waals surface area contributed by atoms with Crippen LogP contribution in [0.15, 0.2) is 185 Å². The highest BCUT2D eigenvalue weighted by atomic mass is 32.3. The van der Waals surface area contributed by atoms with Crippen LogP contribution in [0.1, 0.15) is 6.42 Å². The molecule has 0 heterocycles. The van der Waals surface area contributed by atoms with Crippen molar-refractivity contribution in [2.24, 2.45) is 5.41 Å². The lowest BCUT2D eigenvalue weighted by Crippen LogP contribution is -2.40. The number of hydrogen-bond donors (Lipinski definition) is 0. The van der Waals surface area contributed by atoms with Crippen molar-refractivity contribution >= 4 is 15.9 Å². The van der Waals surface area contributed by atoms with Gasteiger partial charge in [0.1, 0.15) is 0 Å². The molecule has 0 saturated carbocycles. The third kappa shape index (κ3) is 4.61. The predicted octanol–water partition coefficient (Wildman–Crippen LogP) is 9.63. The summed E-state index contributed by atoms with van der Waals surface area (Å²) in [6.07, 6.45) is 11.6. The Morgan fingerprint density at radius 1 is 0.649 bits per heavy atom. The zero-order chi connectivity index (χ0) is 25.6. The average molecular weight is 500 g/mol. The van der Waals surface area contributed by atoms with Crippen molar-refractivity contribution in [1.82, 2.24) is 0 Å². The summed E-state index contributed by atoms with van der Waals surface area (Å²) < 4.78 is 2.66. The Hall–Kier alpha value is -4.01. The predicted molar refractivity (Wildman–Crippen MR) is 160 cm³/mol. The van der Waals surface area contributed by atoms with Gasteiger partial charge in [-0.05, 0) is 60.5 Å². The molecule has 5 rings (SSSR count). The number of rotatable bonds is 9. The number of benzene rings is 4. The Bertz CT molecular complexity index is 1290. The first-order chi connectivity index (χ1) is 18.2. The van der Waals surface area contributed by atoms with E-state index in [0.29, 0.717) is 0 Å². The average Bonchev–Trinajstić information content (AvgIpc) is 2.97. The van der Waals surface area contributed by atoms with Crippen LogP contribution in [0, 0.1) is 5.41 Å². The van der Waals surface area contributed by atoms with E-state index in [2.05, 4.69) is 163 Å². The highest BCUT2D eigenvalue weighted by Gasteiger charge is 2.42. The normalized spacial score (nSPS) is 17.4. The first kappa shape index (κ1) is 24.7. The molecule has 2 heteroatoms. The van der Waals surface area contributed by atoms with Crippen molar-refractivity contribution in [3.63, 3.8) is 0 Å². The maximum Gasteiger partial charge on any atom is 0.0464 e. The lowest BCUT2D eigenvalue weighted by molar-refractivity contribution is 0.491. The van der Waals surface area contributed by atoms with Gasteiger partial charge in [0.05, 0.1) is 0 Å². The van der Waals surface area contributed by atoms with Gasteiger partial charge in [-0.2, -0.15) is 0 Å². The first-order valence-corrected chi connectivity index (χ1v) is 14.3. The van der Waals surface area contributed by atoms with E-state index in [1.165, 1.54) is 20.4 Å². The Morgan fingerprint density at radius 3 is 1.54 bits per heavy atom. The van der Waals surface area contributed by atoms with Crippen LogP contribution in [0.3, 0.4) is 0 Å². The molecule has 0 aliphatic heterocycles. The molecule has 4 aromatic rings. The fraction of sp³-hybridized carbons (Fsp3) is 0.0857. The number of nitrogens with zero attached hydrogens (tertiary/aromatic N) is 1. The molecule has 0 amide bonds. The van der Waals surface area contributed by atoms with E-state index >= 15 is 0 Å². The SMILES string of the molecule is C=CCC1(CN(c2ccccc2)S(c2ccccc2)(c2ccccc2)c2ccccc2)C=CC=CC1=C. The molecule has 0 N–H and O–H groups in total. The lowest BCUT2D eigenvalue weighted by Gasteiger charge is -2.54. The standard InChI is InChI=1S/C35H33NS/c1-3-27-35(28-17-16-18-30(35)2)29-36(31-19-8-4-9-20-31)37(32-21-10-5-11-22-32,33-23-12-6-13-24-33)34-25-14-7-15-26-34/h3-26,28H,1-2,27,29H2. The van der Waals surface area contributed by atoms with Gasteiger partial charge in [0.15, 0.2) is 0 Å². The highest BCUT2D eigenvalue weighted by Crippen LogP contribution is 2.71. The molecule has 0 spiro atoms. The maximum atomic E-state index is 4.53. The van der Waals surface area contributed by atoms with Crippen LogP contribution in [0.4, 0.5) is 5.69 Å². The number of allylic oxidation sites excluding steroid dienone is 4. The molecule has 0 radical (unpaired) electrons. The topological polar surface area (TPSA) is 3.24 Å². The van der Waals surface area contributed by atoms with Crippen LogP contribution in [-0.4, -0.2) is 6.54 Å². The second kappa shape index (κ2) is 10.9. The van der Waals surface area contributed by atoms with Crippen LogP contribution in [-0.2, 0) is 0 Å². The monoisotopic (exact) mass is 499 g/mol. The third-order valence-corrected chi connectivity index (χ3v) is 10.9. The Kier molecular flexibility index (Phi) is 7.30. The fourth-order valence-corrected chi connectivity index (χ4v) is 9.29. The highest BCUT2D eigenvalue weighted by molar-refractivity contribution is 8.34. The zero-order valence-electron chi connectivity index (χ0n) is 21.1. The first-order valence-electron chi connectivity index (χ1n) is 12.7. The van der Waals surface area contributed by atoms with E-state index in [-0.39, 0.29) is 5.41 Å². The number of para-hydroxylation sites is 1. The Morgan fingerprint density at radius 2 is 1.11 bits per heavy atom. The van der Waals surface area contributed by atoms with Gasteiger partial charge in [-0.3, -0.25) is 0 Å². The van der Waals surface area contributed by atoms with Crippen LogP contribution >= 0.6 is 10.2 Å². The molecule has 184 valence electrons. The second-order valence-electron chi connectivity index (χ2n) is 9.28. The van der Waals surface area contributed by atoms with Gasteiger partial charge in [-0.1, -0.05) is 120 Å². The molecule has 37 heavy (non-hydrogen) atoms. The van der Waals surface area contributed by atoms with E-state index < -0.39 is 10.2 Å². The maximum absolute atomic E-state index is 4.53.